The number of hydrogen-bond donors (Lipinski definition) is 3. The molecule has 0 aliphatic heterocycles. The van der Waals surface area contributed by atoms with Gasteiger partial charge in [-0.3, -0.25) is 4.79 Å². The summed E-state index contributed by atoms with van der Waals surface area (Å²) in [7, 11) is 1.81. The summed E-state index contributed by atoms with van der Waals surface area (Å²) in [6.07, 6.45) is 5.26. The number of nitrogens with one attached hydrogen (secondary N) is 3. The second kappa shape index (κ2) is 11.3. The summed E-state index contributed by atoms with van der Waals surface area (Å²) in [5, 5.41) is 18.4. The lowest BCUT2D eigenvalue weighted by Crippen LogP contribution is -2.34. The van der Waals surface area contributed by atoms with Gasteiger partial charge in [0.2, 0.25) is 5.95 Å². The van der Waals surface area contributed by atoms with Crippen molar-refractivity contribution in [1.29, 1.82) is 5.26 Å². The zero-order chi connectivity index (χ0) is 22.9. The molecule has 0 bridgehead atoms. The van der Waals surface area contributed by atoms with Crippen molar-refractivity contribution in [2.45, 2.75) is 45.6 Å². The lowest BCUT2D eigenvalue weighted by molar-refractivity contribution is -0.122. The summed E-state index contributed by atoms with van der Waals surface area (Å²) in [6, 6.07) is 9.16. The molecule has 3 N–H and O–H groups in total. The smallest absolute Gasteiger partial charge is 0.229 e. The predicted molar refractivity (Wildman–Crippen MR) is 126 cm³/mol. The number of likely N-dealkylation sites (N-methyl/N-ethyl adjacent to an activating group) is 1. The van der Waals surface area contributed by atoms with Crippen LogP contribution in [0, 0.1) is 35.0 Å². The lowest BCUT2D eigenvalue weighted by Gasteiger charge is -2.32. The highest BCUT2D eigenvalue weighted by atomic mass is 16.1. The van der Waals surface area contributed by atoms with Crippen LogP contribution in [0.25, 0.3) is 0 Å². The molecule has 0 amide bonds. The number of aromatic nitrogens is 2. The maximum absolute atomic E-state index is 12.1. The van der Waals surface area contributed by atoms with Crippen LogP contribution < -0.4 is 16.0 Å². The summed E-state index contributed by atoms with van der Waals surface area (Å²) >= 11 is 0. The lowest BCUT2D eigenvalue weighted by atomic mass is 9.72. The zero-order valence-corrected chi connectivity index (χ0v) is 18.9. The molecule has 1 aliphatic carbocycles. The van der Waals surface area contributed by atoms with E-state index in [1.807, 2.05) is 26.1 Å². The van der Waals surface area contributed by atoms with Gasteiger partial charge in [-0.05, 0) is 63.4 Å². The van der Waals surface area contributed by atoms with E-state index in [4.69, 9.17) is 5.26 Å². The van der Waals surface area contributed by atoms with E-state index in [9.17, 15) is 4.79 Å². The number of hydrogen-bond acceptors (Lipinski definition) is 7. The monoisotopic (exact) mass is 430 g/mol. The first-order valence-corrected chi connectivity index (χ1v) is 11.1. The van der Waals surface area contributed by atoms with Crippen molar-refractivity contribution in [2.24, 2.45) is 11.8 Å². The van der Waals surface area contributed by atoms with Crippen LogP contribution in [0.1, 0.15) is 50.7 Å². The Labute approximate surface area is 190 Å². The number of carbonyl (C=O) groups is 1. The minimum atomic E-state index is -0.0825. The average molecular weight is 431 g/mol. The topological polar surface area (TPSA) is 103 Å². The number of benzene rings is 1. The van der Waals surface area contributed by atoms with Crippen LogP contribution in [0.15, 0.2) is 30.5 Å². The van der Waals surface area contributed by atoms with Gasteiger partial charge in [-0.1, -0.05) is 18.8 Å². The standard InChI is InChI=1S/C25H30N6O/c1-4-11-28-24-21(8-5-19-12-20(13-19)14-23(32)17(2)27-3)16-29-25(31-24)30-22-9-6-18(15-26)7-10-22/h6-7,9-10,16-17,19-20,27H,4,11-14H2,1-3H3,(H2,28,29,30,31)/t17-,19?,20?/m0/s1. The van der Waals surface area contributed by atoms with Crippen LogP contribution >= 0.6 is 0 Å². The molecule has 7 heteroatoms. The van der Waals surface area contributed by atoms with Crippen molar-refractivity contribution in [3.63, 3.8) is 0 Å². The van der Waals surface area contributed by atoms with Gasteiger partial charge in [0.15, 0.2) is 0 Å². The van der Waals surface area contributed by atoms with Crippen LogP contribution in [-0.4, -0.2) is 35.4 Å². The number of nitrogens with zero attached hydrogens (tertiary/aromatic N) is 3. The van der Waals surface area contributed by atoms with Crippen LogP contribution in [0.2, 0.25) is 0 Å². The fourth-order valence-corrected chi connectivity index (χ4v) is 3.49. The number of Topliss-reactive ketones (excluding diaryl/α,β-unsaturated/α-hetero) is 1. The number of rotatable bonds is 9. The van der Waals surface area contributed by atoms with Crippen LogP contribution in [0.3, 0.4) is 0 Å². The third-order valence-corrected chi connectivity index (χ3v) is 5.65. The van der Waals surface area contributed by atoms with Crippen molar-refractivity contribution in [3.8, 4) is 17.9 Å². The van der Waals surface area contributed by atoms with Crippen molar-refractivity contribution in [1.82, 2.24) is 15.3 Å². The largest absolute Gasteiger partial charge is 0.369 e. The Kier molecular flexibility index (Phi) is 8.19. The number of nitriles is 1. The third-order valence-electron chi connectivity index (χ3n) is 5.65. The molecule has 1 heterocycles. The first kappa shape index (κ1) is 23.2. The Morgan fingerprint density at radius 1 is 1.28 bits per heavy atom. The maximum atomic E-state index is 12.1. The molecular weight excluding hydrogens is 400 g/mol. The molecule has 1 aliphatic rings. The molecule has 3 rings (SSSR count). The van der Waals surface area contributed by atoms with Gasteiger partial charge in [0.05, 0.1) is 29.4 Å². The first-order chi connectivity index (χ1) is 15.5. The van der Waals surface area contributed by atoms with Gasteiger partial charge < -0.3 is 16.0 Å². The van der Waals surface area contributed by atoms with E-state index in [1.165, 1.54) is 0 Å². The zero-order valence-electron chi connectivity index (χ0n) is 18.9. The molecule has 1 aromatic carbocycles. The van der Waals surface area contributed by atoms with Crippen molar-refractivity contribution in [2.75, 3.05) is 24.2 Å². The van der Waals surface area contributed by atoms with Crippen LogP contribution in [0.4, 0.5) is 17.5 Å². The van der Waals surface area contributed by atoms with E-state index in [2.05, 4.69) is 50.8 Å². The minimum Gasteiger partial charge on any atom is -0.369 e. The molecular formula is C25H30N6O. The van der Waals surface area contributed by atoms with Gasteiger partial charge in [0, 0.05) is 24.6 Å². The van der Waals surface area contributed by atoms with Gasteiger partial charge in [-0.15, -0.1) is 0 Å². The van der Waals surface area contributed by atoms with Crippen molar-refractivity contribution < 1.29 is 4.79 Å². The van der Waals surface area contributed by atoms with Gasteiger partial charge in [0.1, 0.15) is 11.6 Å². The predicted octanol–water partition coefficient (Wildman–Crippen LogP) is 3.86. The Morgan fingerprint density at radius 3 is 2.69 bits per heavy atom. The highest BCUT2D eigenvalue weighted by molar-refractivity contribution is 5.83. The van der Waals surface area contributed by atoms with Gasteiger partial charge >= 0.3 is 0 Å². The van der Waals surface area contributed by atoms with E-state index in [1.54, 1.807) is 18.3 Å². The second-order valence-corrected chi connectivity index (χ2v) is 8.18. The highest BCUT2D eigenvalue weighted by Crippen LogP contribution is 2.36. The molecule has 7 nitrogen and oxygen atoms in total. The molecule has 2 aromatic rings. The first-order valence-electron chi connectivity index (χ1n) is 11.1. The Morgan fingerprint density at radius 2 is 2.03 bits per heavy atom. The molecule has 32 heavy (non-hydrogen) atoms. The summed E-state index contributed by atoms with van der Waals surface area (Å²) in [5.74, 6) is 8.77. The molecule has 1 saturated carbocycles. The van der Waals surface area contributed by atoms with Crippen LogP contribution in [0.5, 0.6) is 0 Å². The van der Waals surface area contributed by atoms with Gasteiger partial charge in [-0.25, -0.2) is 4.98 Å². The van der Waals surface area contributed by atoms with Crippen LogP contribution in [-0.2, 0) is 4.79 Å². The van der Waals surface area contributed by atoms with E-state index >= 15 is 0 Å². The van der Waals surface area contributed by atoms with E-state index < -0.39 is 0 Å². The molecule has 0 saturated heterocycles. The van der Waals surface area contributed by atoms with E-state index in [0.717, 1.165) is 37.1 Å². The molecule has 1 atom stereocenters. The normalized spacial score (nSPS) is 17.8. The van der Waals surface area contributed by atoms with Crippen molar-refractivity contribution in [3.05, 3.63) is 41.6 Å². The second-order valence-electron chi connectivity index (χ2n) is 8.18. The number of anilines is 3. The fourth-order valence-electron chi connectivity index (χ4n) is 3.49. The Bertz CT molecular complexity index is 1030. The van der Waals surface area contributed by atoms with Gasteiger partial charge in [-0.2, -0.15) is 10.2 Å². The third kappa shape index (κ3) is 6.29. The highest BCUT2D eigenvalue weighted by Gasteiger charge is 2.30. The molecule has 1 aromatic heterocycles. The van der Waals surface area contributed by atoms with Crippen molar-refractivity contribution >= 4 is 23.2 Å². The summed E-state index contributed by atoms with van der Waals surface area (Å²) in [6.45, 7) is 4.79. The SMILES string of the molecule is CCCNc1nc(Nc2ccc(C#N)cc2)ncc1C#CC1CC(CC(=O)[C@H](C)NC)C1. The molecule has 0 radical (unpaired) electrons. The number of carbonyl (C=O) groups excluding carboxylic acids is 1. The molecule has 166 valence electrons. The maximum Gasteiger partial charge on any atom is 0.229 e. The summed E-state index contributed by atoms with van der Waals surface area (Å²) in [5.41, 5.74) is 2.19. The molecule has 0 spiro atoms. The minimum absolute atomic E-state index is 0.0825. The summed E-state index contributed by atoms with van der Waals surface area (Å²) in [4.78, 5) is 21.1. The van der Waals surface area contributed by atoms with Gasteiger partial charge in [0.25, 0.3) is 0 Å². The Balaban J connectivity index is 1.64. The quantitative estimate of drug-likeness (QED) is 0.519. The fraction of sp³-hybridized carbons (Fsp3) is 0.440. The summed E-state index contributed by atoms with van der Waals surface area (Å²) < 4.78 is 0. The number of ketones is 1. The van der Waals surface area contributed by atoms with E-state index in [-0.39, 0.29) is 11.8 Å². The average Bonchev–Trinajstić information content (AvgIpc) is 2.79. The molecule has 1 fully saturated rings. The van der Waals surface area contributed by atoms with E-state index in [0.29, 0.717) is 35.6 Å². The molecule has 0 unspecified atom stereocenters. The Hall–Kier alpha value is -3.42.